The van der Waals surface area contributed by atoms with Crippen molar-refractivity contribution in [1.82, 2.24) is 14.8 Å². The number of aliphatic carboxylic acids is 1. The number of piperidine rings is 1. The molecule has 1 saturated heterocycles. The number of thioether (sulfide) groups is 1. The molecule has 0 aliphatic carbocycles. The lowest BCUT2D eigenvalue weighted by molar-refractivity contribution is -0.133. The number of carboxylic acids is 1. The molecule has 0 bridgehead atoms. The molecule has 2 heterocycles. The zero-order valence-electron chi connectivity index (χ0n) is 12.9. The summed E-state index contributed by atoms with van der Waals surface area (Å²) in [6.07, 6.45) is 3.39. The summed E-state index contributed by atoms with van der Waals surface area (Å²) in [5, 5.41) is 18.1. The van der Waals surface area contributed by atoms with Crippen LogP contribution in [0.2, 0.25) is 0 Å². The van der Waals surface area contributed by atoms with Crippen LogP contribution in [-0.4, -0.2) is 44.2 Å². The molecule has 118 valence electrons. The Morgan fingerprint density at radius 1 is 1.38 bits per heavy atom. The third kappa shape index (κ3) is 3.90. The first-order valence-corrected chi connectivity index (χ1v) is 8.55. The Balaban J connectivity index is 2.23. The molecule has 2 atom stereocenters. The second kappa shape index (κ2) is 7.15. The van der Waals surface area contributed by atoms with Crippen LogP contribution in [0.3, 0.4) is 0 Å². The third-order valence-electron chi connectivity index (χ3n) is 3.84. The van der Waals surface area contributed by atoms with Gasteiger partial charge in [0, 0.05) is 19.1 Å². The van der Waals surface area contributed by atoms with Crippen molar-refractivity contribution in [2.75, 3.05) is 17.2 Å². The summed E-state index contributed by atoms with van der Waals surface area (Å²) in [4.78, 5) is 13.1. The van der Waals surface area contributed by atoms with Gasteiger partial charge in [-0.3, -0.25) is 9.36 Å². The fraction of sp³-hybridized carbons (Fsp3) is 0.786. The van der Waals surface area contributed by atoms with E-state index in [0.29, 0.717) is 17.1 Å². The van der Waals surface area contributed by atoms with Crippen LogP contribution in [-0.2, 0) is 11.3 Å². The minimum atomic E-state index is -0.826. The third-order valence-corrected chi connectivity index (χ3v) is 4.80. The van der Waals surface area contributed by atoms with E-state index in [4.69, 9.17) is 5.11 Å². The number of anilines is 1. The van der Waals surface area contributed by atoms with Crippen molar-refractivity contribution in [3.8, 4) is 0 Å². The van der Waals surface area contributed by atoms with E-state index in [1.165, 1.54) is 18.2 Å². The van der Waals surface area contributed by atoms with Crippen LogP contribution in [0.5, 0.6) is 0 Å². The average Bonchev–Trinajstić information content (AvgIpc) is 2.82. The van der Waals surface area contributed by atoms with Gasteiger partial charge in [-0.2, -0.15) is 0 Å². The van der Waals surface area contributed by atoms with Crippen LogP contribution in [0.15, 0.2) is 5.16 Å². The zero-order chi connectivity index (χ0) is 15.4. The Bertz CT molecular complexity index is 491. The molecule has 1 aromatic heterocycles. The molecule has 1 fully saturated rings. The van der Waals surface area contributed by atoms with Gasteiger partial charge in [0.25, 0.3) is 0 Å². The molecule has 0 radical (unpaired) electrons. The van der Waals surface area contributed by atoms with Gasteiger partial charge in [-0.1, -0.05) is 25.6 Å². The van der Waals surface area contributed by atoms with E-state index in [2.05, 4.69) is 40.4 Å². The molecule has 0 saturated carbocycles. The lowest BCUT2D eigenvalue weighted by Gasteiger charge is -2.37. The lowest BCUT2D eigenvalue weighted by atomic mass is 9.95. The number of aromatic nitrogens is 3. The van der Waals surface area contributed by atoms with Gasteiger partial charge in [0.1, 0.15) is 0 Å². The molecule has 7 heteroatoms. The van der Waals surface area contributed by atoms with Crippen molar-refractivity contribution in [2.24, 2.45) is 5.92 Å². The minimum Gasteiger partial charge on any atom is -0.481 e. The number of hydrogen-bond acceptors (Lipinski definition) is 5. The SMILES string of the molecule is CCCn1c(SCC(=O)O)nnc1N1CC(C)CCC1C. The molecule has 21 heavy (non-hydrogen) atoms. The smallest absolute Gasteiger partial charge is 0.313 e. The summed E-state index contributed by atoms with van der Waals surface area (Å²) in [6.45, 7) is 8.41. The number of hydrogen-bond donors (Lipinski definition) is 1. The van der Waals surface area contributed by atoms with E-state index in [0.717, 1.165) is 31.9 Å². The largest absolute Gasteiger partial charge is 0.481 e. The second-order valence-corrected chi connectivity index (χ2v) is 6.74. The van der Waals surface area contributed by atoms with Gasteiger partial charge in [0.05, 0.1) is 5.75 Å². The summed E-state index contributed by atoms with van der Waals surface area (Å²) in [5.74, 6) is 0.743. The molecule has 2 rings (SSSR count). The van der Waals surface area contributed by atoms with Crippen LogP contribution in [0.4, 0.5) is 5.95 Å². The Kier molecular flexibility index (Phi) is 5.50. The van der Waals surface area contributed by atoms with Crippen LogP contribution in [0, 0.1) is 5.92 Å². The van der Waals surface area contributed by atoms with Crippen LogP contribution < -0.4 is 4.90 Å². The highest BCUT2D eigenvalue weighted by atomic mass is 32.2. The maximum atomic E-state index is 10.8. The van der Waals surface area contributed by atoms with Crippen molar-refractivity contribution in [2.45, 2.75) is 57.8 Å². The molecule has 1 aromatic rings. The highest BCUT2D eigenvalue weighted by molar-refractivity contribution is 7.99. The molecule has 1 N–H and O–H groups in total. The van der Waals surface area contributed by atoms with E-state index >= 15 is 0 Å². The first kappa shape index (κ1) is 16.1. The lowest BCUT2D eigenvalue weighted by Crippen LogP contribution is -2.42. The number of nitrogens with zero attached hydrogens (tertiary/aromatic N) is 4. The monoisotopic (exact) mass is 312 g/mol. The van der Waals surface area contributed by atoms with Crippen LogP contribution in [0.1, 0.15) is 40.0 Å². The van der Waals surface area contributed by atoms with Gasteiger partial charge in [-0.15, -0.1) is 10.2 Å². The molecular formula is C14H24N4O2S. The van der Waals surface area contributed by atoms with E-state index in [1.807, 2.05) is 0 Å². The van der Waals surface area contributed by atoms with E-state index in [-0.39, 0.29) is 5.75 Å². The fourth-order valence-corrected chi connectivity index (χ4v) is 3.39. The van der Waals surface area contributed by atoms with Gasteiger partial charge >= 0.3 is 5.97 Å². The Morgan fingerprint density at radius 2 is 2.14 bits per heavy atom. The molecule has 1 aliphatic rings. The zero-order valence-corrected chi connectivity index (χ0v) is 13.8. The van der Waals surface area contributed by atoms with Gasteiger partial charge in [-0.25, -0.2) is 0 Å². The van der Waals surface area contributed by atoms with Gasteiger partial charge in [0.2, 0.25) is 5.95 Å². The number of carboxylic acid groups (broad SMARTS) is 1. The van der Waals surface area contributed by atoms with Gasteiger partial charge in [0.15, 0.2) is 5.16 Å². The summed E-state index contributed by atoms with van der Waals surface area (Å²) in [7, 11) is 0. The van der Waals surface area contributed by atoms with Crippen LogP contribution >= 0.6 is 11.8 Å². The Morgan fingerprint density at radius 3 is 2.81 bits per heavy atom. The van der Waals surface area contributed by atoms with Crippen molar-refractivity contribution in [3.05, 3.63) is 0 Å². The molecule has 1 aliphatic heterocycles. The summed E-state index contributed by atoms with van der Waals surface area (Å²) < 4.78 is 2.07. The minimum absolute atomic E-state index is 0.0216. The first-order valence-electron chi connectivity index (χ1n) is 7.57. The highest BCUT2D eigenvalue weighted by Crippen LogP contribution is 2.29. The Hall–Kier alpha value is -1.24. The molecule has 6 nitrogen and oxygen atoms in total. The molecule has 0 amide bonds. The normalized spacial score (nSPS) is 22.5. The maximum Gasteiger partial charge on any atom is 0.313 e. The van der Waals surface area contributed by atoms with Crippen molar-refractivity contribution >= 4 is 23.7 Å². The summed E-state index contributed by atoms with van der Waals surface area (Å²) in [6, 6.07) is 0.457. The maximum absolute atomic E-state index is 10.8. The Labute approximate surface area is 129 Å². The average molecular weight is 312 g/mol. The quantitative estimate of drug-likeness (QED) is 0.814. The van der Waals surface area contributed by atoms with Crippen molar-refractivity contribution < 1.29 is 9.90 Å². The molecule has 0 spiro atoms. The molecular weight excluding hydrogens is 288 g/mol. The number of carbonyl (C=O) groups is 1. The number of rotatable bonds is 6. The van der Waals surface area contributed by atoms with Gasteiger partial charge in [-0.05, 0) is 32.1 Å². The molecule has 2 unspecified atom stereocenters. The highest BCUT2D eigenvalue weighted by Gasteiger charge is 2.27. The standard InChI is InChI=1S/C14H24N4O2S/c1-4-7-17-13(15-16-14(17)21-9-12(19)20)18-8-10(2)5-6-11(18)3/h10-11H,4-9H2,1-3H3,(H,19,20). The van der Waals surface area contributed by atoms with Crippen molar-refractivity contribution in [3.63, 3.8) is 0 Å². The van der Waals surface area contributed by atoms with Crippen LogP contribution in [0.25, 0.3) is 0 Å². The summed E-state index contributed by atoms with van der Waals surface area (Å²) >= 11 is 1.25. The van der Waals surface area contributed by atoms with E-state index in [1.54, 1.807) is 0 Å². The van der Waals surface area contributed by atoms with E-state index in [9.17, 15) is 4.79 Å². The van der Waals surface area contributed by atoms with E-state index < -0.39 is 5.97 Å². The first-order chi connectivity index (χ1) is 10.0. The molecule has 0 aromatic carbocycles. The summed E-state index contributed by atoms with van der Waals surface area (Å²) in [5.41, 5.74) is 0. The predicted molar refractivity (Wildman–Crippen MR) is 83.9 cm³/mol. The van der Waals surface area contributed by atoms with Gasteiger partial charge < -0.3 is 10.0 Å². The topological polar surface area (TPSA) is 71.2 Å². The van der Waals surface area contributed by atoms with Crippen molar-refractivity contribution in [1.29, 1.82) is 0 Å². The predicted octanol–water partition coefficient (Wildman–Crippen LogP) is 2.49. The fourth-order valence-electron chi connectivity index (χ4n) is 2.71. The second-order valence-electron chi connectivity index (χ2n) is 5.80.